The Balaban J connectivity index is 1.65. The lowest BCUT2D eigenvalue weighted by atomic mass is 9.99. The summed E-state index contributed by atoms with van der Waals surface area (Å²) in [6.45, 7) is 4.35. The molecule has 0 aromatic heterocycles. The van der Waals surface area contributed by atoms with Crippen LogP contribution in [-0.4, -0.2) is 75.0 Å². The third kappa shape index (κ3) is 3.46. The van der Waals surface area contributed by atoms with Crippen LogP contribution < -0.4 is 0 Å². The van der Waals surface area contributed by atoms with Crippen molar-refractivity contribution in [3.8, 4) is 0 Å². The minimum atomic E-state index is -1.74. The van der Waals surface area contributed by atoms with E-state index in [2.05, 4.69) is 0 Å². The molecule has 5 aliphatic heterocycles. The van der Waals surface area contributed by atoms with Gasteiger partial charge in [-0.1, -0.05) is 0 Å². The van der Waals surface area contributed by atoms with Crippen LogP contribution in [-0.2, 0) is 42.9 Å². The summed E-state index contributed by atoms with van der Waals surface area (Å²) in [6.07, 6.45) is 6.85. The van der Waals surface area contributed by atoms with Crippen molar-refractivity contribution in [2.24, 2.45) is 0 Å². The smallest absolute Gasteiger partial charge is 0.303 e. The summed E-state index contributed by atoms with van der Waals surface area (Å²) >= 11 is 4.77. The van der Waals surface area contributed by atoms with E-state index in [1.807, 2.05) is 0 Å². The average molecular weight is 519 g/mol. The van der Waals surface area contributed by atoms with Crippen LogP contribution in [0.5, 0.6) is 0 Å². The van der Waals surface area contributed by atoms with Gasteiger partial charge in [-0.05, 0) is 30.2 Å². The maximum absolute atomic E-state index is 14.4. The number of piperazine rings is 1. The van der Waals surface area contributed by atoms with Gasteiger partial charge in [-0.25, -0.2) is 0 Å². The van der Waals surface area contributed by atoms with E-state index in [0.29, 0.717) is 11.1 Å². The second-order valence-electron chi connectivity index (χ2n) is 9.09. The Bertz CT molecular complexity index is 1150. The molecule has 12 heteroatoms. The number of nitrogens with zero attached hydrogens (tertiary/aromatic N) is 2. The van der Waals surface area contributed by atoms with E-state index in [1.54, 1.807) is 6.92 Å². The van der Waals surface area contributed by atoms with Gasteiger partial charge in [-0.2, -0.15) is 0 Å². The minimum Gasteiger partial charge on any atom is -0.473 e. The van der Waals surface area contributed by atoms with Gasteiger partial charge in [0.05, 0.1) is 31.1 Å². The number of rotatable bonds is 4. The number of carbonyl (C=O) groups is 4. The zero-order chi connectivity index (χ0) is 25.8. The minimum absolute atomic E-state index is 0.00772. The van der Waals surface area contributed by atoms with Gasteiger partial charge in [0.1, 0.15) is 18.2 Å². The molecule has 3 saturated heterocycles. The maximum atomic E-state index is 14.4. The molecule has 0 N–H and O–H groups in total. The number of amides is 2. The lowest BCUT2D eigenvalue weighted by Crippen LogP contribution is -2.76. The van der Waals surface area contributed by atoms with Crippen molar-refractivity contribution in [2.45, 2.75) is 68.5 Å². The van der Waals surface area contributed by atoms with E-state index in [-0.39, 0.29) is 19.4 Å². The molecule has 5 aliphatic rings. The van der Waals surface area contributed by atoms with Crippen LogP contribution in [0.2, 0.25) is 0 Å². The van der Waals surface area contributed by atoms with Crippen molar-refractivity contribution in [1.29, 1.82) is 0 Å². The first-order chi connectivity index (χ1) is 17.1. The largest absolute Gasteiger partial charge is 0.473 e. The summed E-state index contributed by atoms with van der Waals surface area (Å²) in [5.41, 5.74) is -0.628. The molecular weight excluding hydrogens is 492 g/mol. The second-order valence-corrected chi connectivity index (χ2v) is 9.83. The van der Waals surface area contributed by atoms with Crippen molar-refractivity contribution in [1.82, 2.24) is 9.80 Å². The SMILES string of the molecule is CCO[C@@]12CC3=COC=CC(OC(C)=O)C3N1C(=O)[C@]1(S)CC3=COC=CC(OC(C)=O)C3N1C2=O. The number of carbonyl (C=O) groups excluding carboxylic acids is 4. The number of esters is 2. The summed E-state index contributed by atoms with van der Waals surface area (Å²) in [5, 5.41) is 0. The fourth-order valence-electron chi connectivity index (χ4n) is 5.71. The average Bonchev–Trinajstić information content (AvgIpc) is 3.13. The van der Waals surface area contributed by atoms with Gasteiger partial charge >= 0.3 is 11.9 Å². The highest BCUT2D eigenvalue weighted by Crippen LogP contribution is 2.55. The van der Waals surface area contributed by atoms with Crippen molar-refractivity contribution in [2.75, 3.05) is 6.61 Å². The van der Waals surface area contributed by atoms with Gasteiger partial charge in [-0.3, -0.25) is 24.1 Å². The Labute approximate surface area is 212 Å². The van der Waals surface area contributed by atoms with Crippen LogP contribution in [0.15, 0.2) is 48.3 Å². The first-order valence-electron chi connectivity index (χ1n) is 11.5. The summed E-state index contributed by atoms with van der Waals surface area (Å²) in [4.78, 5) is 53.6. The first-order valence-corrected chi connectivity index (χ1v) is 12.0. The highest BCUT2D eigenvalue weighted by atomic mass is 32.1. The zero-order valence-corrected chi connectivity index (χ0v) is 20.8. The maximum Gasteiger partial charge on any atom is 0.303 e. The van der Waals surface area contributed by atoms with Gasteiger partial charge in [0.2, 0.25) is 5.72 Å². The summed E-state index contributed by atoms with van der Waals surface area (Å²) < 4.78 is 28.0. The first kappa shape index (κ1) is 24.4. The summed E-state index contributed by atoms with van der Waals surface area (Å²) in [6, 6.07) is -1.68. The fourth-order valence-corrected chi connectivity index (χ4v) is 6.22. The van der Waals surface area contributed by atoms with Crippen molar-refractivity contribution < 1.29 is 42.9 Å². The van der Waals surface area contributed by atoms with Crippen LogP contribution in [0.1, 0.15) is 33.6 Å². The number of thiol groups is 1. The number of ether oxygens (including phenoxy) is 5. The Kier molecular flexibility index (Phi) is 5.91. The van der Waals surface area contributed by atoms with Crippen LogP contribution in [0, 0.1) is 0 Å². The monoisotopic (exact) mass is 518 g/mol. The lowest BCUT2D eigenvalue weighted by Gasteiger charge is -2.53. The molecule has 4 unspecified atom stereocenters. The van der Waals surface area contributed by atoms with E-state index >= 15 is 0 Å². The standard InChI is InChI=1S/C24H26N2O9S/c1-4-33-23-9-15-11-31-7-5-17(34-13(2)27)19(15)25(23)22(30)24(36)10-16-12-32-8-6-18(35-14(3)28)20(16)26(24)21(23)29/h5-8,11-12,17-20,36H,4,9-10H2,1-3H3/t17?,18?,19?,20?,23-,24-/m1/s1. The highest BCUT2D eigenvalue weighted by Gasteiger charge is 2.73. The van der Waals surface area contributed by atoms with Gasteiger partial charge < -0.3 is 28.6 Å². The highest BCUT2D eigenvalue weighted by molar-refractivity contribution is 7.82. The van der Waals surface area contributed by atoms with E-state index in [9.17, 15) is 19.2 Å². The molecule has 0 aromatic rings. The normalized spacial score (nSPS) is 36.2. The molecule has 5 heterocycles. The predicted molar refractivity (Wildman–Crippen MR) is 124 cm³/mol. The predicted octanol–water partition coefficient (Wildman–Crippen LogP) is 1.28. The third-order valence-corrected chi connectivity index (χ3v) is 7.42. The second kappa shape index (κ2) is 8.70. The Morgan fingerprint density at radius 1 is 0.944 bits per heavy atom. The van der Waals surface area contributed by atoms with Gasteiger partial charge in [0, 0.05) is 33.3 Å². The molecule has 36 heavy (non-hydrogen) atoms. The summed E-state index contributed by atoms with van der Waals surface area (Å²) in [7, 11) is 0. The van der Waals surface area contributed by atoms with Crippen LogP contribution in [0.25, 0.3) is 0 Å². The number of hydrogen-bond acceptors (Lipinski definition) is 10. The molecule has 0 aromatic carbocycles. The molecule has 5 rings (SSSR count). The molecule has 11 nitrogen and oxygen atoms in total. The van der Waals surface area contributed by atoms with Crippen LogP contribution in [0.3, 0.4) is 0 Å². The van der Waals surface area contributed by atoms with Crippen molar-refractivity contribution in [3.05, 3.63) is 48.3 Å². The van der Waals surface area contributed by atoms with Gasteiger partial charge in [0.25, 0.3) is 11.8 Å². The molecule has 192 valence electrons. The third-order valence-electron chi connectivity index (χ3n) is 6.85. The van der Waals surface area contributed by atoms with E-state index in [0.717, 1.165) is 0 Å². The zero-order valence-electron chi connectivity index (χ0n) is 19.9. The number of hydrogen-bond donors (Lipinski definition) is 1. The molecule has 3 fully saturated rings. The van der Waals surface area contributed by atoms with E-state index in [1.165, 1.54) is 60.8 Å². The fraction of sp³-hybridized carbons (Fsp3) is 0.500. The van der Waals surface area contributed by atoms with Crippen LogP contribution >= 0.6 is 12.6 Å². The molecule has 0 bridgehead atoms. The molecule has 6 atom stereocenters. The van der Waals surface area contributed by atoms with Crippen LogP contribution in [0.4, 0.5) is 0 Å². The summed E-state index contributed by atoms with van der Waals surface area (Å²) in [5.74, 6) is -2.15. The Morgan fingerprint density at radius 3 is 2.00 bits per heavy atom. The molecule has 0 saturated carbocycles. The molecule has 0 spiro atoms. The van der Waals surface area contributed by atoms with Gasteiger partial charge in [-0.15, -0.1) is 12.6 Å². The van der Waals surface area contributed by atoms with Crippen molar-refractivity contribution >= 4 is 36.4 Å². The van der Waals surface area contributed by atoms with E-state index in [4.69, 9.17) is 36.3 Å². The topological polar surface area (TPSA) is 121 Å². The Morgan fingerprint density at radius 2 is 1.47 bits per heavy atom. The Hall–Kier alpha value is -3.25. The quantitative estimate of drug-likeness (QED) is 0.433. The molecular formula is C24H26N2O9S. The molecule has 2 amide bonds. The molecule has 0 radical (unpaired) electrons. The van der Waals surface area contributed by atoms with E-state index < -0.39 is 58.6 Å². The molecule has 0 aliphatic carbocycles. The lowest BCUT2D eigenvalue weighted by molar-refractivity contribution is -0.213. The van der Waals surface area contributed by atoms with Gasteiger partial charge in [0.15, 0.2) is 4.87 Å². The number of fused-ring (bicyclic) bond motifs is 6. The van der Waals surface area contributed by atoms with Crippen molar-refractivity contribution in [3.63, 3.8) is 0 Å².